The number of aliphatic hydroxyl groups is 2. The van der Waals surface area contributed by atoms with E-state index in [0.29, 0.717) is 12.2 Å². The lowest BCUT2D eigenvalue weighted by Gasteiger charge is -2.02. The molecule has 0 rings (SSSR count). The lowest BCUT2D eigenvalue weighted by Crippen LogP contribution is -2.05. The molecule has 0 aromatic rings. The molecule has 0 amide bonds. The molecule has 0 aliphatic rings. The Balaban J connectivity index is -0.000000273. The first-order chi connectivity index (χ1) is 8.01. The summed E-state index contributed by atoms with van der Waals surface area (Å²) in [4.78, 5) is 10.8. The van der Waals surface area contributed by atoms with E-state index in [4.69, 9.17) is 14.9 Å². The summed E-state index contributed by atoms with van der Waals surface area (Å²) in [7, 11) is 0. The predicted molar refractivity (Wildman–Crippen MR) is 70.8 cm³/mol. The molecule has 104 valence electrons. The zero-order valence-corrected chi connectivity index (χ0v) is 11.7. The van der Waals surface area contributed by atoms with Gasteiger partial charge >= 0.3 is 5.97 Å². The van der Waals surface area contributed by atoms with Crippen LogP contribution in [0.3, 0.4) is 0 Å². The van der Waals surface area contributed by atoms with E-state index in [1.54, 1.807) is 20.8 Å². The molecule has 0 unspecified atom stereocenters. The molecule has 2 N–H and O–H groups in total. The molecule has 0 aliphatic heterocycles. The third kappa shape index (κ3) is 31.3. The molecule has 17 heavy (non-hydrogen) atoms. The van der Waals surface area contributed by atoms with Crippen LogP contribution in [0, 0.1) is 0 Å². The lowest BCUT2D eigenvalue weighted by molar-refractivity contribution is -0.139. The van der Waals surface area contributed by atoms with Crippen LogP contribution in [0.1, 0.15) is 47.0 Å². The van der Waals surface area contributed by atoms with Crippen LogP contribution in [0.2, 0.25) is 0 Å². The Morgan fingerprint density at radius 2 is 1.53 bits per heavy atom. The Morgan fingerprint density at radius 3 is 1.82 bits per heavy atom. The maximum atomic E-state index is 10.8. The number of unbranched alkanes of at least 4 members (excludes halogenated alkanes) is 2. The third-order valence-electron chi connectivity index (χ3n) is 1.33. The Hall–Kier alpha value is -0.870. The highest BCUT2D eigenvalue weighted by atomic mass is 16.5. The Labute approximate surface area is 105 Å². The monoisotopic (exact) mass is 248 g/mol. The molecule has 4 nitrogen and oxygen atoms in total. The van der Waals surface area contributed by atoms with Gasteiger partial charge in [0.25, 0.3) is 0 Å². The van der Waals surface area contributed by atoms with E-state index in [1.165, 1.54) is 0 Å². The van der Waals surface area contributed by atoms with Gasteiger partial charge in [-0.25, -0.2) is 4.79 Å². The lowest BCUT2D eigenvalue weighted by atomic mass is 10.3. The number of esters is 1. The second-order valence-corrected chi connectivity index (χ2v) is 3.26. The van der Waals surface area contributed by atoms with E-state index in [-0.39, 0.29) is 19.2 Å². The molecule has 0 bridgehead atoms. The van der Waals surface area contributed by atoms with Crippen molar-refractivity contribution < 1.29 is 19.7 Å². The third-order valence-corrected chi connectivity index (χ3v) is 1.33. The van der Waals surface area contributed by atoms with Gasteiger partial charge in [0.05, 0.1) is 6.61 Å². The van der Waals surface area contributed by atoms with E-state index in [0.717, 1.165) is 19.3 Å². The van der Waals surface area contributed by atoms with Crippen molar-refractivity contribution in [1.82, 2.24) is 0 Å². The van der Waals surface area contributed by atoms with Crippen LogP contribution < -0.4 is 0 Å². The number of aliphatic hydroxyl groups excluding tert-OH is 2. The molecular weight excluding hydrogens is 220 g/mol. The smallest absolute Gasteiger partial charge is 0.333 e. The van der Waals surface area contributed by atoms with Crippen molar-refractivity contribution in [2.75, 3.05) is 19.8 Å². The molecule has 0 aliphatic carbocycles. The number of rotatable bonds is 5. The van der Waals surface area contributed by atoms with Crippen LogP contribution >= 0.6 is 0 Å². The van der Waals surface area contributed by atoms with Crippen molar-refractivity contribution in [3.63, 3.8) is 0 Å². The summed E-state index contributed by atoms with van der Waals surface area (Å²) in [6, 6.07) is 0. The maximum Gasteiger partial charge on any atom is 0.333 e. The molecule has 0 saturated heterocycles. The van der Waals surface area contributed by atoms with Crippen molar-refractivity contribution in [2.24, 2.45) is 0 Å². The second-order valence-electron chi connectivity index (χ2n) is 3.26. The van der Waals surface area contributed by atoms with E-state index in [1.807, 2.05) is 0 Å². The van der Waals surface area contributed by atoms with E-state index in [2.05, 4.69) is 13.5 Å². The summed E-state index contributed by atoms with van der Waals surface area (Å²) >= 11 is 0. The maximum absolute atomic E-state index is 10.8. The van der Waals surface area contributed by atoms with Crippen LogP contribution in [0.15, 0.2) is 12.2 Å². The Bertz CT molecular complexity index is 165. The minimum absolute atomic E-state index is 0.250. The fourth-order valence-electron chi connectivity index (χ4n) is 0.640. The molecule has 0 radical (unpaired) electrons. The molecule has 4 heteroatoms. The number of hydrogen-bond donors (Lipinski definition) is 2. The van der Waals surface area contributed by atoms with Gasteiger partial charge in [-0.3, -0.25) is 0 Å². The van der Waals surface area contributed by atoms with Gasteiger partial charge in [-0.05, 0) is 27.2 Å². The topological polar surface area (TPSA) is 66.8 Å². The number of carbonyl (C=O) groups excluding carboxylic acids is 1. The first-order valence-corrected chi connectivity index (χ1v) is 6.05. The van der Waals surface area contributed by atoms with Gasteiger partial charge in [0, 0.05) is 18.8 Å². The molecule has 0 aromatic carbocycles. The van der Waals surface area contributed by atoms with Gasteiger partial charge in [-0.1, -0.05) is 26.3 Å². The normalized spacial score (nSPS) is 8.12. The quantitative estimate of drug-likeness (QED) is 0.445. The van der Waals surface area contributed by atoms with Crippen molar-refractivity contribution in [3.05, 3.63) is 12.2 Å². The molecule has 0 spiro atoms. The van der Waals surface area contributed by atoms with Crippen LogP contribution in [-0.4, -0.2) is 36.0 Å². The van der Waals surface area contributed by atoms with Crippen molar-refractivity contribution in [1.29, 1.82) is 0 Å². The fraction of sp³-hybridized carbons (Fsp3) is 0.769. The standard InChI is InChI=1S/C9H16O2.2C2H6O/c1-4-5-6-7-11-9(10)8(2)3;2*1-2-3/h2,4-7H2,1,3H3;2*3H,2H2,1H3. The average Bonchev–Trinajstić information content (AvgIpc) is 2.26. The van der Waals surface area contributed by atoms with E-state index < -0.39 is 0 Å². The van der Waals surface area contributed by atoms with Crippen molar-refractivity contribution >= 4 is 5.97 Å². The highest BCUT2D eigenvalue weighted by Crippen LogP contribution is 1.97. The number of carbonyl (C=O) groups is 1. The van der Waals surface area contributed by atoms with Crippen LogP contribution in [-0.2, 0) is 9.53 Å². The summed E-state index contributed by atoms with van der Waals surface area (Å²) in [5.74, 6) is -0.277. The van der Waals surface area contributed by atoms with Crippen molar-refractivity contribution in [2.45, 2.75) is 47.0 Å². The minimum Gasteiger partial charge on any atom is -0.462 e. The highest BCUT2D eigenvalue weighted by Gasteiger charge is 2.00. The predicted octanol–water partition coefficient (Wildman–Crippen LogP) is 2.29. The molecule has 0 atom stereocenters. The highest BCUT2D eigenvalue weighted by molar-refractivity contribution is 5.86. The second kappa shape index (κ2) is 20.5. The first kappa shape index (κ1) is 21.4. The van der Waals surface area contributed by atoms with Gasteiger partial charge in [0.1, 0.15) is 0 Å². The minimum atomic E-state index is -0.277. The first-order valence-electron chi connectivity index (χ1n) is 6.05. The van der Waals surface area contributed by atoms with Crippen molar-refractivity contribution in [3.8, 4) is 0 Å². The van der Waals surface area contributed by atoms with Gasteiger partial charge in [-0.2, -0.15) is 0 Å². The van der Waals surface area contributed by atoms with E-state index in [9.17, 15) is 4.79 Å². The zero-order valence-electron chi connectivity index (χ0n) is 11.7. The average molecular weight is 248 g/mol. The molecule has 0 fully saturated rings. The zero-order chi connectivity index (χ0) is 14.1. The molecule has 0 aromatic heterocycles. The van der Waals surface area contributed by atoms with E-state index >= 15 is 0 Å². The van der Waals surface area contributed by atoms with Crippen LogP contribution in [0.25, 0.3) is 0 Å². The SMILES string of the molecule is C=C(C)C(=O)OCCCCC.CCO.CCO. The summed E-state index contributed by atoms with van der Waals surface area (Å²) in [6.45, 7) is 11.6. The summed E-state index contributed by atoms with van der Waals surface area (Å²) in [5, 5.41) is 15.1. The van der Waals surface area contributed by atoms with Crippen LogP contribution in [0.5, 0.6) is 0 Å². The Kier molecular flexibility index (Phi) is 25.9. The summed E-state index contributed by atoms with van der Waals surface area (Å²) in [5.41, 5.74) is 0.474. The van der Waals surface area contributed by atoms with Gasteiger partial charge in [-0.15, -0.1) is 0 Å². The van der Waals surface area contributed by atoms with Gasteiger partial charge in [0.2, 0.25) is 0 Å². The molecule has 0 saturated carbocycles. The molecular formula is C13H28O4. The fourth-order valence-corrected chi connectivity index (χ4v) is 0.640. The van der Waals surface area contributed by atoms with Crippen LogP contribution in [0.4, 0.5) is 0 Å². The summed E-state index contributed by atoms with van der Waals surface area (Å²) < 4.78 is 4.87. The summed E-state index contributed by atoms with van der Waals surface area (Å²) in [6.07, 6.45) is 3.21. The largest absolute Gasteiger partial charge is 0.462 e. The number of hydrogen-bond acceptors (Lipinski definition) is 4. The van der Waals surface area contributed by atoms with Gasteiger partial charge in [0.15, 0.2) is 0 Å². The molecule has 0 heterocycles. The Morgan fingerprint density at radius 1 is 1.12 bits per heavy atom. The van der Waals surface area contributed by atoms with Gasteiger partial charge < -0.3 is 14.9 Å². The number of ether oxygens (including phenoxy) is 1.